The molecule has 0 fully saturated rings. The summed E-state index contributed by atoms with van der Waals surface area (Å²) < 4.78 is 17.7. The SMILES string of the molecule is CCOC(=O)c1cn[nH]c1-c1ccc(F)cc1. The quantitative estimate of drug-likeness (QED) is 0.829. The second-order valence-corrected chi connectivity index (χ2v) is 3.39. The maximum Gasteiger partial charge on any atom is 0.341 e. The number of aromatic amines is 1. The Balaban J connectivity index is 2.36. The molecule has 1 aromatic heterocycles. The van der Waals surface area contributed by atoms with Gasteiger partial charge in [0.05, 0.1) is 18.5 Å². The number of halogens is 1. The van der Waals surface area contributed by atoms with E-state index in [-0.39, 0.29) is 5.82 Å². The Morgan fingerprint density at radius 3 is 2.76 bits per heavy atom. The minimum Gasteiger partial charge on any atom is -0.462 e. The molecule has 88 valence electrons. The lowest BCUT2D eigenvalue weighted by atomic mass is 10.1. The highest BCUT2D eigenvalue weighted by atomic mass is 19.1. The Morgan fingerprint density at radius 2 is 2.12 bits per heavy atom. The van der Waals surface area contributed by atoms with E-state index in [2.05, 4.69) is 10.2 Å². The highest BCUT2D eigenvalue weighted by Crippen LogP contribution is 2.21. The number of aromatic nitrogens is 2. The minimum absolute atomic E-state index is 0.298. The summed E-state index contributed by atoms with van der Waals surface area (Å²) in [5.41, 5.74) is 1.56. The van der Waals surface area contributed by atoms with Gasteiger partial charge in [0.15, 0.2) is 0 Å². The van der Waals surface area contributed by atoms with Gasteiger partial charge in [-0.3, -0.25) is 5.10 Å². The highest BCUT2D eigenvalue weighted by Gasteiger charge is 2.15. The summed E-state index contributed by atoms with van der Waals surface area (Å²) in [6.45, 7) is 2.03. The molecule has 2 aromatic rings. The van der Waals surface area contributed by atoms with Gasteiger partial charge in [-0.2, -0.15) is 5.10 Å². The van der Waals surface area contributed by atoms with Crippen molar-refractivity contribution in [1.29, 1.82) is 0 Å². The molecule has 2 rings (SSSR count). The molecular formula is C12H11FN2O2. The van der Waals surface area contributed by atoms with Gasteiger partial charge < -0.3 is 4.74 Å². The summed E-state index contributed by atoms with van der Waals surface area (Å²) in [6.07, 6.45) is 1.40. The molecule has 0 saturated heterocycles. The fourth-order valence-corrected chi connectivity index (χ4v) is 1.49. The number of benzene rings is 1. The molecule has 0 bridgehead atoms. The van der Waals surface area contributed by atoms with Crippen molar-refractivity contribution in [3.63, 3.8) is 0 Å². The molecule has 0 radical (unpaired) electrons. The number of ether oxygens (including phenoxy) is 1. The summed E-state index contributed by atoms with van der Waals surface area (Å²) in [5, 5.41) is 6.51. The topological polar surface area (TPSA) is 55.0 Å². The third-order valence-electron chi connectivity index (χ3n) is 2.27. The molecular weight excluding hydrogens is 223 g/mol. The van der Waals surface area contributed by atoms with Gasteiger partial charge in [0.2, 0.25) is 0 Å². The number of hydrogen-bond acceptors (Lipinski definition) is 3. The van der Waals surface area contributed by atoms with E-state index in [0.717, 1.165) is 0 Å². The zero-order valence-electron chi connectivity index (χ0n) is 9.24. The van der Waals surface area contributed by atoms with Crippen LogP contribution in [-0.2, 0) is 4.74 Å². The Labute approximate surface area is 97.4 Å². The van der Waals surface area contributed by atoms with Crippen LogP contribution in [0.5, 0.6) is 0 Å². The molecule has 4 nitrogen and oxygen atoms in total. The van der Waals surface area contributed by atoms with E-state index < -0.39 is 5.97 Å². The zero-order valence-corrected chi connectivity index (χ0v) is 9.24. The molecule has 17 heavy (non-hydrogen) atoms. The number of nitrogens with one attached hydrogen (secondary N) is 1. The predicted molar refractivity (Wildman–Crippen MR) is 59.9 cm³/mol. The first-order valence-corrected chi connectivity index (χ1v) is 5.18. The summed E-state index contributed by atoms with van der Waals surface area (Å²) in [6, 6.07) is 5.80. The Hall–Kier alpha value is -2.17. The molecule has 0 aliphatic carbocycles. The van der Waals surface area contributed by atoms with Gasteiger partial charge in [0, 0.05) is 5.56 Å². The standard InChI is InChI=1S/C12H11FN2O2/c1-2-17-12(16)10-7-14-15-11(10)8-3-5-9(13)6-4-8/h3-7H,2H2,1H3,(H,14,15). The maximum absolute atomic E-state index is 12.8. The smallest absolute Gasteiger partial charge is 0.341 e. The molecule has 0 unspecified atom stereocenters. The normalized spacial score (nSPS) is 10.2. The van der Waals surface area contributed by atoms with Crippen molar-refractivity contribution in [2.24, 2.45) is 0 Å². The average Bonchev–Trinajstić information content (AvgIpc) is 2.79. The predicted octanol–water partition coefficient (Wildman–Crippen LogP) is 2.39. The molecule has 1 N–H and O–H groups in total. The number of hydrogen-bond donors (Lipinski definition) is 1. The van der Waals surface area contributed by atoms with Crippen molar-refractivity contribution in [2.45, 2.75) is 6.92 Å². The van der Waals surface area contributed by atoms with Crippen LogP contribution >= 0.6 is 0 Å². The van der Waals surface area contributed by atoms with E-state index in [9.17, 15) is 9.18 Å². The first kappa shape index (κ1) is 11.3. The van der Waals surface area contributed by atoms with Crippen LogP contribution < -0.4 is 0 Å². The Kier molecular flexibility index (Phi) is 3.18. The van der Waals surface area contributed by atoms with Crippen molar-refractivity contribution in [3.05, 3.63) is 41.8 Å². The molecule has 5 heteroatoms. The van der Waals surface area contributed by atoms with Crippen LogP contribution in [0.1, 0.15) is 17.3 Å². The van der Waals surface area contributed by atoms with Crippen molar-refractivity contribution < 1.29 is 13.9 Å². The Bertz CT molecular complexity index is 520. The zero-order chi connectivity index (χ0) is 12.3. The van der Waals surface area contributed by atoms with E-state index in [1.165, 1.54) is 18.3 Å². The summed E-state index contributed by atoms with van der Waals surface area (Å²) in [5.74, 6) is -0.772. The van der Waals surface area contributed by atoms with E-state index in [4.69, 9.17) is 4.74 Å². The van der Waals surface area contributed by atoms with Crippen LogP contribution in [0, 0.1) is 5.82 Å². The molecule has 0 amide bonds. The minimum atomic E-state index is -0.444. The number of carbonyl (C=O) groups excluding carboxylic acids is 1. The molecule has 1 aromatic carbocycles. The van der Waals surface area contributed by atoms with Gasteiger partial charge in [-0.05, 0) is 31.2 Å². The summed E-state index contributed by atoms with van der Waals surface area (Å²) in [4.78, 5) is 11.6. The molecule has 1 heterocycles. The van der Waals surface area contributed by atoms with Gasteiger partial charge in [0.25, 0.3) is 0 Å². The fraction of sp³-hybridized carbons (Fsp3) is 0.167. The molecule has 0 spiro atoms. The van der Waals surface area contributed by atoms with Crippen LogP contribution in [0.2, 0.25) is 0 Å². The summed E-state index contributed by atoms with van der Waals surface area (Å²) in [7, 11) is 0. The average molecular weight is 234 g/mol. The Morgan fingerprint density at radius 1 is 1.41 bits per heavy atom. The lowest BCUT2D eigenvalue weighted by molar-refractivity contribution is 0.0527. The number of rotatable bonds is 3. The van der Waals surface area contributed by atoms with Crippen molar-refractivity contribution in [3.8, 4) is 11.3 Å². The van der Waals surface area contributed by atoms with Gasteiger partial charge in [0.1, 0.15) is 11.4 Å². The van der Waals surface area contributed by atoms with Gasteiger partial charge in [-0.15, -0.1) is 0 Å². The largest absolute Gasteiger partial charge is 0.462 e. The van der Waals surface area contributed by atoms with Crippen molar-refractivity contribution in [2.75, 3.05) is 6.61 Å². The van der Waals surface area contributed by atoms with E-state index in [0.29, 0.717) is 23.4 Å². The van der Waals surface area contributed by atoms with Crippen LogP contribution in [0.15, 0.2) is 30.5 Å². The highest BCUT2D eigenvalue weighted by molar-refractivity contribution is 5.95. The van der Waals surface area contributed by atoms with Crippen LogP contribution in [0.25, 0.3) is 11.3 Å². The lowest BCUT2D eigenvalue weighted by Crippen LogP contribution is -2.04. The van der Waals surface area contributed by atoms with Crippen LogP contribution in [0.4, 0.5) is 4.39 Å². The number of H-pyrrole nitrogens is 1. The number of nitrogens with zero attached hydrogens (tertiary/aromatic N) is 1. The van der Waals surface area contributed by atoms with E-state index in [1.54, 1.807) is 19.1 Å². The van der Waals surface area contributed by atoms with Crippen molar-refractivity contribution >= 4 is 5.97 Å². The van der Waals surface area contributed by atoms with E-state index in [1.807, 2.05) is 0 Å². The maximum atomic E-state index is 12.8. The van der Waals surface area contributed by atoms with Crippen molar-refractivity contribution in [1.82, 2.24) is 10.2 Å². The first-order valence-electron chi connectivity index (χ1n) is 5.18. The number of carbonyl (C=O) groups is 1. The van der Waals surface area contributed by atoms with E-state index >= 15 is 0 Å². The molecule has 0 saturated carbocycles. The van der Waals surface area contributed by atoms with Crippen LogP contribution in [0.3, 0.4) is 0 Å². The molecule has 0 atom stereocenters. The van der Waals surface area contributed by atoms with Gasteiger partial charge in [-0.25, -0.2) is 9.18 Å². The molecule has 0 aliphatic heterocycles. The third kappa shape index (κ3) is 2.33. The molecule has 0 aliphatic rings. The summed E-state index contributed by atoms with van der Waals surface area (Å²) >= 11 is 0. The lowest BCUT2D eigenvalue weighted by Gasteiger charge is -2.03. The fourth-order valence-electron chi connectivity index (χ4n) is 1.49. The monoisotopic (exact) mass is 234 g/mol. The van der Waals surface area contributed by atoms with Gasteiger partial charge >= 0.3 is 5.97 Å². The third-order valence-corrected chi connectivity index (χ3v) is 2.27. The second-order valence-electron chi connectivity index (χ2n) is 3.39. The second kappa shape index (κ2) is 4.78. The van der Waals surface area contributed by atoms with Crippen LogP contribution in [-0.4, -0.2) is 22.8 Å². The van der Waals surface area contributed by atoms with Gasteiger partial charge in [-0.1, -0.05) is 0 Å². The number of esters is 1. The first-order chi connectivity index (χ1) is 8.22.